The zero-order chi connectivity index (χ0) is 25.3. The van der Waals surface area contributed by atoms with Gasteiger partial charge in [0.2, 0.25) is 12.3 Å². The second kappa shape index (κ2) is 9.88. The highest BCUT2D eigenvalue weighted by Crippen LogP contribution is 2.55. The molecule has 1 aromatic carbocycles. The van der Waals surface area contributed by atoms with Crippen molar-refractivity contribution < 1.29 is 31.4 Å². The van der Waals surface area contributed by atoms with E-state index in [-0.39, 0.29) is 53.2 Å². The highest BCUT2D eigenvalue weighted by atomic mass is 19.3. The molecule has 1 atom stereocenters. The quantitative estimate of drug-likeness (QED) is 0.291. The number of hydrogen-bond acceptors (Lipinski definition) is 5. The minimum atomic E-state index is -2.97. The lowest BCUT2D eigenvalue weighted by atomic mass is 9.95. The Balaban J connectivity index is 1.72. The molecule has 1 aliphatic heterocycles. The molecule has 1 saturated carbocycles. The molecule has 6 nitrogen and oxygen atoms in total. The Morgan fingerprint density at radius 3 is 2.43 bits per heavy atom. The molecule has 11 heteroatoms. The summed E-state index contributed by atoms with van der Waals surface area (Å²) in [4.78, 5) is 12.5. The third-order valence-electron chi connectivity index (χ3n) is 6.34. The van der Waals surface area contributed by atoms with Crippen molar-refractivity contribution in [1.29, 1.82) is 0 Å². The molecule has 2 aliphatic rings. The van der Waals surface area contributed by atoms with Crippen molar-refractivity contribution in [2.45, 2.75) is 50.2 Å². The molecule has 2 fully saturated rings. The Bertz CT molecular complexity index is 1130. The van der Waals surface area contributed by atoms with Crippen LogP contribution in [0.4, 0.5) is 27.8 Å². The largest absolute Gasteiger partial charge is 0.469 e. The maximum absolute atomic E-state index is 14.7. The molecule has 2 heterocycles. The SMILES string of the molecule is C=Nc1nc(OC2COC2)c(C2(C(F)F)CC2)cc1/C(=N\C)N[C@H](C)c1cccc(C(F)F)c1F. The maximum atomic E-state index is 14.7. The van der Waals surface area contributed by atoms with Crippen LogP contribution in [0.25, 0.3) is 0 Å². The molecule has 1 aromatic heterocycles. The van der Waals surface area contributed by atoms with E-state index >= 15 is 0 Å². The topological polar surface area (TPSA) is 68.1 Å². The van der Waals surface area contributed by atoms with Crippen LogP contribution in [0.1, 0.15) is 54.5 Å². The van der Waals surface area contributed by atoms with Crippen LogP contribution in [-0.2, 0) is 10.2 Å². The van der Waals surface area contributed by atoms with Crippen LogP contribution < -0.4 is 10.1 Å². The molecule has 0 amide bonds. The predicted molar refractivity (Wildman–Crippen MR) is 121 cm³/mol. The van der Waals surface area contributed by atoms with Gasteiger partial charge in [0.1, 0.15) is 17.8 Å². The van der Waals surface area contributed by atoms with E-state index in [0.717, 1.165) is 6.07 Å². The number of pyridine rings is 1. The van der Waals surface area contributed by atoms with Gasteiger partial charge in [-0.15, -0.1) is 0 Å². The number of aliphatic imine (C=N–C) groups is 2. The lowest BCUT2D eigenvalue weighted by Gasteiger charge is -2.29. The molecule has 2 aromatic rings. The fourth-order valence-electron chi connectivity index (χ4n) is 4.03. The van der Waals surface area contributed by atoms with Crippen molar-refractivity contribution in [1.82, 2.24) is 10.3 Å². The van der Waals surface area contributed by atoms with Gasteiger partial charge in [0.15, 0.2) is 5.82 Å². The molecule has 0 spiro atoms. The number of ether oxygens (including phenoxy) is 2. The number of halogens is 5. The first-order valence-corrected chi connectivity index (χ1v) is 11.1. The summed E-state index contributed by atoms with van der Waals surface area (Å²) in [6, 6.07) is 4.45. The van der Waals surface area contributed by atoms with E-state index in [2.05, 4.69) is 27.0 Å². The summed E-state index contributed by atoms with van der Waals surface area (Å²) in [5, 5.41) is 2.98. The van der Waals surface area contributed by atoms with Gasteiger partial charge in [-0.1, -0.05) is 18.2 Å². The third-order valence-corrected chi connectivity index (χ3v) is 6.34. The zero-order valence-electron chi connectivity index (χ0n) is 19.2. The van der Waals surface area contributed by atoms with Crippen molar-refractivity contribution in [2.24, 2.45) is 9.98 Å². The van der Waals surface area contributed by atoms with E-state index < -0.39 is 35.7 Å². The average molecular weight is 496 g/mol. The Morgan fingerprint density at radius 1 is 1.23 bits per heavy atom. The molecule has 1 N–H and O–H groups in total. The first kappa shape index (κ1) is 25.0. The van der Waals surface area contributed by atoms with Crippen LogP contribution >= 0.6 is 0 Å². The summed E-state index contributed by atoms with van der Waals surface area (Å²) in [6.07, 6.45) is -5.39. The Morgan fingerprint density at radius 2 is 1.91 bits per heavy atom. The smallest absolute Gasteiger partial charge is 0.266 e. The van der Waals surface area contributed by atoms with E-state index in [0.29, 0.717) is 13.2 Å². The van der Waals surface area contributed by atoms with Gasteiger partial charge in [0.05, 0.1) is 35.8 Å². The Hall–Kier alpha value is -3.08. The predicted octanol–water partition coefficient (Wildman–Crippen LogP) is 5.29. The van der Waals surface area contributed by atoms with Gasteiger partial charge < -0.3 is 14.8 Å². The lowest BCUT2D eigenvalue weighted by Crippen LogP contribution is -2.39. The van der Waals surface area contributed by atoms with Gasteiger partial charge in [0, 0.05) is 18.2 Å². The van der Waals surface area contributed by atoms with Crippen LogP contribution in [0.3, 0.4) is 0 Å². The summed E-state index contributed by atoms with van der Waals surface area (Å²) < 4.78 is 80.1. The summed E-state index contributed by atoms with van der Waals surface area (Å²) in [5.41, 5.74) is -1.62. The number of nitrogens with zero attached hydrogens (tertiary/aromatic N) is 3. The highest BCUT2D eigenvalue weighted by molar-refractivity contribution is 6.03. The molecular formula is C24H25F5N4O2. The van der Waals surface area contributed by atoms with E-state index in [1.165, 1.54) is 25.2 Å². The maximum Gasteiger partial charge on any atom is 0.266 e. The molecule has 0 bridgehead atoms. The minimum Gasteiger partial charge on any atom is -0.469 e. The Labute approximate surface area is 199 Å². The molecule has 0 radical (unpaired) electrons. The van der Waals surface area contributed by atoms with Gasteiger partial charge in [0.25, 0.3) is 6.43 Å². The summed E-state index contributed by atoms with van der Waals surface area (Å²) in [7, 11) is 1.45. The van der Waals surface area contributed by atoms with Gasteiger partial charge in [-0.2, -0.15) is 4.98 Å². The van der Waals surface area contributed by atoms with Crippen LogP contribution in [-0.4, -0.2) is 50.3 Å². The number of hydrogen-bond donors (Lipinski definition) is 1. The van der Waals surface area contributed by atoms with Crippen molar-refractivity contribution in [3.8, 4) is 5.88 Å². The van der Waals surface area contributed by atoms with Crippen molar-refractivity contribution in [3.63, 3.8) is 0 Å². The van der Waals surface area contributed by atoms with Crippen LogP contribution in [0.2, 0.25) is 0 Å². The molecule has 1 aliphatic carbocycles. The van der Waals surface area contributed by atoms with Crippen molar-refractivity contribution in [3.05, 3.63) is 52.3 Å². The second-order valence-electron chi connectivity index (χ2n) is 8.59. The molecule has 35 heavy (non-hydrogen) atoms. The minimum absolute atomic E-state index is 0.00132. The normalized spacial score (nSPS) is 18.4. The Kier molecular flexibility index (Phi) is 7.07. The summed E-state index contributed by atoms with van der Waals surface area (Å²) >= 11 is 0. The molecule has 4 rings (SSSR count). The molecule has 1 saturated heterocycles. The van der Waals surface area contributed by atoms with Gasteiger partial charge in [-0.25, -0.2) is 26.9 Å². The van der Waals surface area contributed by atoms with E-state index in [1.807, 2.05) is 0 Å². The second-order valence-corrected chi connectivity index (χ2v) is 8.59. The van der Waals surface area contributed by atoms with E-state index in [9.17, 15) is 22.0 Å². The van der Waals surface area contributed by atoms with Crippen LogP contribution in [0.5, 0.6) is 5.88 Å². The monoisotopic (exact) mass is 496 g/mol. The summed E-state index contributed by atoms with van der Waals surface area (Å²) in [6.45, 7) is 5.74. The third kappa shape index (κ3) is 4.73. The zero-order valence-corrected chi connectivity index (χ0v) is 19.2. The first-order valence-electron chi connectivity index (χ1n) is 11.1. The summed E-state index contributed by atoms with van der Waals surface area (Å²) in [5.74, 6) is -0.739. The average Bonchev–Trinajstić information content (AvgIpc) is 3.61. The van der Waals surface area contributed by atoms with Gasteiger partial charge >= 0.3 is 0 Å². The highest BCUT2D eigenvalue weighted by Gasteiger charge is 2.55. The van der Waals surface area contributed by atoms with Crippen LogP contribution in [0, 0.1) is 5.82 Å². The number of amidine groups is 1. The van der Waals surface area contributed by atoms with Crippen molar-refractivity contribution >= 4 is 18.4 Å². The van der Waals surface area contributed by atoms with E-state index in [4.69, 9.17) is 9.47 Å². The van der Waals surface area contributed by atoms with Gasteiger partial charge in [-0.05, 0) is 32.5 Å². The van der Waals surface area contributed by atoms with Gasteiger partial charge in [-0.3, -0.25) is 4.99 Å². The van der Waals surface area contributed by atoms with Crippen LogP contribution in [0.15, 0.2) is 34.3 Å². The molecule has 0 unspecified atom stereocenters. The lowest BCUT2D eigenvalue weighted by molar-refractivity contribution is -0.0821. The molecule has 188 valence electrons. The van der Waals surface area contributed by atoms with E-state index in [1.54, 1.807) is 6.92 Å². The number of alkyl halides is 4. The fraction of sp³-hybridized carbons (Fsp3) is 0.458. The number of aromatic nitrogens is 1. The number of rotatable bonds is 9. The first-order chi connectivity index (χ1) is 16.7. The number of benzene rings is 1. The number of nitrogens with one attached hydrogen (secondary N) is 1. The fourth-order valence-corrected chi connectivity index (χ4v) is 4.03. The standard InChI is InChI=1S/C24H25F5N4O2/c1-12(14-5-4-6-15(18(14)25)19(26)27)32-20(30-2)16-9-17(24(7-8-24)23(28)29)22(33-21(16)31-3)35-13-10-34-11-13/h4-6,9,12-13,19,23H,3,7-8,10-11H2,1-2H3,(H,30,32)/t12-/m1/s1. The molecular weight excluding hydrogens is 471 g/mol. The van der Waals surface area contributed by atoms with Crippen molar-refractivity contribution in [2.75, 3.05) is 20.3 Å².